The smallest absolute Gasteiger partial charge is 0.220 e. The molecule has 2 unspecified atom stereocenters. The lowest BCUT2D eigenvalue weighted by molar-refractivity contribution is -0.123. The lowest BCUT2D eigenvalue weighted by Crippen LogP contribution is -2.50. The number of hydrogen-bond acceptors (Lipinski definition) is 4. The Balaban J connectivity index is 1.63. The van der Waals surface area contributed by atoms with Crippen LogP contribution >= 0.6 is 0 Å². The van der Waals surface area contributed by atoms with E-state index >= 15 is 0 Å². The molecule has 3 N–H and O–H groups in total. The maximum absolute atomic E-state index is 12.0. The van der Waals surface area contributed by atoms with Crippen molar-refractivity contribution in [3.05, 3.63) is 0 Å². The van der Waals surface area contributed by atoms with E-state index in [-0.39, 0.29) is 17.4 Å². The molecule has 2 atom stereocenters. The van der Waals surface area contributed by atoms with E-state index in [9.17, 15) is 4.79 Å². The molecular weight excluding hydrogens is 266 g/mol. The second-order valence-corrected chi connectivity index (χ2v) is 7.25. The first kappa shape index (κ1) is 16.7. The SMILES string of the molecule is CC(C)(CCN)CCC(=O)NCC1CN2CCCC2CO1. The van der Waals surface area contributed by atoms with E-state index in [4.69, 9.17) is 10.5 Å². The monoisotopic (exact) mass is 297 g/mol. The topological polar surface area (TPSA) is 67.6 Å². The van der Waals surface area contributed by atoms with Crippen LogP contribution in [-0.4, -0.2) is 55.7 Å². The van der Waals surface area contributed by atoms with E-state index in [2.05, 4.69) is 24.1 Å². The summed E-state index contributed by atoms with van der Waals surface area (Å²) in [7, 11) is 0. The molecule has 0 aromatic heterocycles. The van der Waals surface area contributed by atoms with Crippen molar-refractivity contribution in [2.24, 2.45) is 11.1 Å². The number of ether oxygens (including phenoxy) is 1. The summed E-state index contributed by atoms with van der Waals surface area (Å²) in [6.45, 7) is 8.64. The van der Waals surface area contributed by atoms with Crippen LogP contribution in [0.15, 0.2) is 0 Å². The third kappa shape index (κ3) is 5.24. The van der Waals surface area contributed by atoms with Gasteiger partial charge in [-0.25, -0.2) is 0 Å². The molecule has 2 saturated heterocycles. The van der Waals surface area contributed by atoms with Crippen LogP contribution in [0.4, 0.5) is 0 Å². The average Bonchev–Trinajstić information content (AvgIpc) is 2.90. The lowest BCUT2D eigenvalue weighted by Gasteiger charge is -2.35. The molecule has 2 aliphatic heterocycles. The largest absolute Gasteiger partial charge is 0.373 e. The van der Waals surface area contributed by atoms with Gasteiger partial charge in [-0.2, -0.15) is 0 Å². The van der Waals surface area contributed by atoms with E-state index < -0.39 is 0 Å². The van der Waals surface area contributed by atoms with Gasteiger partial charge in [0.1, 0.15) is 0 Å². The Morgan fingerprint density at radius 2 is 2.24 bits per heavy atom. The predicted octanol–water partition coefficient (Wildman–Crippen LogP) is 1.12. The highest BCUT2D eigenvalue weighted by atomic mass is 16.5. The standard InChI is InChI=1S/C16H31N3O2/c1-16(2,7-8-17)6-5-15(20)18-10-14-11-19-9-3-4-13(19)12-21-14/h13-14H,3-12,17H2,1-2H3,(H,18,20). The van der Waals surface area contributed by atoms with Crippen LogP contribution in [0.1, 0.15) is 46.0 Å². The highest BCUT2D eigenvalue weighted by Crippen LogP contribution is 2.26. The van der Waals surface area contributed by atoms with Crippen molar-refractivity contribution in [3.63, 3.8) is 0 Å². The molecule has 0 aromatic rings. The van der Waals surface area contributed by atoms with Gasteiger partial charge in [0.15, 0.2) is 0 Å². The number of hydrogen-bond donors (Lipinski definition) is 2. The molecule has 2 fully saturated rings. The van der Waals surface area contributed by atoms with Crippen molar-refractivity contribution in [2.45, 2.75) is 58.1 Å². The summed E-state index contributed by atoms with van der Waals surface area (Å²) in [5, 5.41) is 3.03. The van der Waals surface area contributed by atoms with Crippen molar-refractivity contribution in [1.29, 1.82) is 0 Å². The van der Waals surface area contributed by atoms with Crippen molar-refractivity contribution < 1.29 is 9.53 Å². The number of rotatable bonds is 7. The zero-order chi connectivity index (χ0) is 15.3. The highest BCUT2D eigenvalue weighted by molar-refractivity contribution is 5.75. The maximum Gasteiger partial charge on any atom is 0.220 e. The summed E-state index contributed by atoms with van der Waals surface area (Å²) in [4.78, 5) is 14.5. The molecule has 0 bridgehead atoms. The summed E-state index contributed by atoms with van der Waals surface area (Å²) in [5.41, 5.74) is 5.75. The fraction of sp³-hybridized carbons (Fsp3) is 0.938. The van der Waals surface area contributed by atoms with Crippen LogP contribution in [0.25, 0.3) is 0 Å². The van der Waals surface area contributed by atoms with E-state index in [1.807, 2.05) is 0 Å². The molecular formula is C16H31N3O2. The summed E-state index contributed by atoms with van der Waals surface area (Å²) >= 11 is 0. The van der Waals surface area contributed by atoms with Crippen LogP contribution in [-0.2, 0) is 9.53 Å². The van der Waals surface area contributed by atoms with Crippen molar-refractivity contribution in [1.82, 2.24) is 10.2 Å². The number of amides is 1. The number of fused-ring (bicyclic) bond motifs is 1. The minimum Gasteiger partial charge on any atom is -0.373 e. The number of nitrogens with zero attached hydrogens (tertiary/aromatic N) is 1. The molecule has 2 heterocycles. The highest BCUT2D eigenvalue weighted by Gasteiger charge is 2.32. The van der Waals surface area contributed by atoms with Gasteiger partial charge >= 0.3 is 0 Å². The minimum absolute atomic E-state index is 0.132. The zero-order valence-electron chi connectivity index (χ0n) is 13.6. The molecule has 0 radical (unpaired) electrons. The fourth-order valence-corrected chi connectivity index (χ4v) is 3.29. The Morgan fingerprint density at radius 1 is 1.43 bits per heavy atom. The molecule has 2 rings (SSSR count). The molecule has 2 aliphatic rings. The Hall–Kier alpha value is -0.650. The second kappa shape index (κ2) is 7.56. The Kier molecular flexibility index (Phi) is 6.02. The van der Waals surface area contributed by atoms with Gasteiger partial charge in [-0.3, -0.25) is 9.69 Å². The predicted molar refractivity (Wildman–Crippen MR) is 84.0 cm³/mol. The summed E-state index contributed by atoms with van der Waals surface area (Å²) in [5.74, 6) is 0.132. The molecule has 0 saturated carbocycles. The maximum atomic E-state index is 12.0. The lowest BCUT2D eigenvalue weighted by atomic mass is 9.84. The van der Waals surface area contributed by atoms with Gasteiger partial charge in [-0.15, -0.1) is 0 Å². The Bertz CT molecular complexity index is 346. The minimum atomic E-state index is 0.132. The van der Waals surface area contributed by atoms with E-state index in [1.54, 1.807) is 0 Å². The van der Waals surface area contributed by atoms with Crippen molar-refractivity contribution in [3.8, 4) is 0 Å². The van der Waals surface area contributed by atoms with Crippen LogP contribution < -0.4 is 11.1 Å². The molecule has 5 heteroatoms. The molecule has 0 aliphatic carbocycles. The first-order valence-corrected chi connectivity index (χ1v) is 8.32. The molecule has 1 amide bonds. The Morgan fingerprint density at radius 3 is 3.00 bits per heavy atom. The molecule has 21 heavy (non-hydrogen) atoms. The first-order chi connectivity index (χ1) is 10.00. The van der Waals surface area contributed by atoms with Crippen LogP contribution in [0, 0.1) is 5.41 Å². The molecule has 5 nitrogen and oxygen atoms in total. The number of carbonyl (C=O) groups is 1. The van der Waals surface area contributed by atoms with Gasteiger partial charge in [0.25, 0.3) is 0 Å². The molecule has 122 valence electrons. The number of nitrogens with one attached hydrogen (secondary N) is 1. The average molecular weight is 297 g/mol. The quantitative estimate of drug-likeness (QED) is 0.739. The normalized spacial score (nSPS) is 26.6. The third-order valence-corrected chi connectivity index (χ3v) is 4.84. The number of morpholine rings is 1. The first-order valence-electron chi connectivity index (χ1n) is 8.32. The van der Waals surface area contributed by atoms with E-state index in [0.717, 1.165) is 26.0 Å². The fourth-order valence-electron chi connectivity index (χ4n) is 3.29. The number of nitrogens with two attached hydrogens (primary N) is 1. The molecule has 0 aromatic carbocycles. The Labute approximate surface area is 128 Å². The second-order valence-electron chi connectivity index (χ2n) is 7.25. The van der Waals surface area contributed by atoms with Crippen molar-refractivity contribution >= 4 is 5.91 Å². The number of carbonyl (C=O) groups excluding carboxylic acids is 1. The van der Waals surface area contributed by atoms with Crippen LogP contribution in [0.3, 0.4) is 0 Å². The summed E-state index contributed by atoms with van der Waals surface area (Å²) in [6, 6.07) is 0.619. The molecule has 0 spiro atoms. The van der Waals surface area contributed by atoms with Gasteiger partial charge in [0, 0.05) is 25.6 Å². The van der Waals surface area contributed by atoms with Crippen LogP contribution in [0.2, 0.25) is 0 Å². The third-order valence-electron chi connectivity index (χ3n) is 4.84. The van der Waals surface area contributed by atoms with Gasteiger partial charge in [0.2, 0.25) is 5.91 Å². The van der Waals surface area contributed by atoms with E-state index in [1.165, 1.54) is 19.4 Å². The zero-order valence-corrected chi connectivity index (χ0v) is 13.6. The van der Waals surface area contributed by atoms with Crippen LogP contribution in [0.5, 0.6) is 0 Å². The summed E-state index contributed by atoms with van der Waals surface area (Å²) in [6.07, 6.45) is 5.11. The van der Waals surface area contributed by atoms with Gasteiger partial charge in [-0.05, 0) is 44.2 Å². The van der Waals surface area contributed by atoms with Gasteiger partial charge in [-0.1, -0.05) is 13.8 Å². The van der Waals surface area contributed by atoms with Gasteiger partial charge in [0.05, 0.1) is 12.7 Å². The van der Waals surface area contributed by atoms with Crippen molar-refractivity contribution in [2.75, 3.05) is 32.8 Å². The van der Waals surface area contributed by atoms with E-state index in [0.29, 0.717) is 25.6 Å². The summed E-state index contributed by atoms with van der Waals surface area (Å²) < 4.78 is 5.85. The van der Waals surface area contributed by atoms with Gasteiger partial charge < -0.3 is 15.8 Å².